The van der Waals surface area contributed by atoms with Gasteiger partial charge in [-0.2, -0.15) is 5.26 Å². The quantitative estimate of drug-likeness (QED) is 0.570. The average Bonchev–Trinajstić information content (AvgIpc) is 2.58. The van der Waals surface area contributed by atoms with E-state index < -0.39 is 12.1 Å². The molecule has 0 amide bonds. The normalized spacial score (nSPS) is 11.3. The predicted octanol–water partition coefficient (Wildman–Crippen LogP) is 3.56. The third kappa shape index (κ3) is 5.85. The van der Waals surface area contributed by atoms with Gasteiger partial charge in [-0.05, 0) is 68.3 Å². The zero-order valence-corrected chi connectivity index (χ0v) is 14.6. The van der Waals surface area contributed by atoms with Crippen LogP contribution in [0.2, 0.25) is 0 Å². The Balaban J connectivity index is 1.74. The molecule has 0 N–H and O–H groups in total. The van der Waals surface area contributed by atoms with Gasteiger partial charge in [0.25, 0.3) is 0 Å². The molecule has 25 heavy (non-hydrogen) atoms. The van der Waals surface area contributed by atoms with Crippen molar-refractivity contribution in [3.63, 3.8) is 0 Å². The zero-order valence-electron chi connectivity index (χ0n) is 14.6. The number of rotatable bonds is 7. The Labute approximate surface area is 147 Å². The smallest absolute Gasteiger partial charge is 0.347 e. The van der Waals surface area contributed by atoms with Gasteiger partial charge in [0.15, 0.2) is 6.10 Å². The van der Waals surface area contributed by atoms with Crippen molar-refractivity contribution < 1.29 is 19.0 Å². The van der Waals surface area contributed by atoms with E-state index in [0.717, 1.165) is 16.9 Å². The van der Waals surface area contributed by atoms with Crippen LogP contribution in [0.25, 0.3) is 0 Å². The van der Waals surface area contributed by atoms with Crippen LogP contribution in [0.5, 0.6) is 11.5 Å². The standard InChI is InChI=1S/C20H21NO4/c1-14-10-15(2)12-19(11-14)23-8-9-24-20(22)16(3)25-18-6-4-17(13-21)5-7-18/h4-7,10-12,16H,8-9H2,1-3H3/t16-/m1/s1. The summed E-state index contributed by atoms with van der Waals surface area (Å²) in [7, 11) is 0. The Morgan fingerprint density at radius 1 is 1.04 bits per heavy atom. The van der Waals surface area contributed by atoms with Crippen molar-refractivity contribution in [3.05, 3.63) is 59.2 Å². The summed E-state index contributed by atoms with van der Waals surface area (Å²) in [6.45, 7) is 6.04. The van der Waals surface area contributed by atoms with Crippen molar-refractivity contribution in [2.24, 2.45) is 0 Å². The Hall–Kier alpha value is -3.00. The second-order valence-electron chi connectivity index (χ2n) is 5.74. The highest BCUT2D eigenvalue weighted by Gasteiger charge is 2.16. The van der Waals surface area contributed by atoms with Crippen LogP contribution in [0.3, 0.4) is 0 Å². The minimum atomic E-state index is -0.742. The topological polar surface area (TPSA) is 68.6 Å². The molecule has 0 radical (unpaired) electrons. The lowest BCUT2D eigenvalue weighted by atomic mass is 10.1. The SMILES string of the molecule is Cc1cc(C)cc(OCCOC(=O)[C@@H](C)Oc2ccc(C#N)cc2)c1. The first-order chi connectivity index (χ1) is 12.0. The van der Waals surface area contributed by atoms with E-state index in [1.54, 1.807) is 31.2 Å². The molecule has 0 heterocycles. The minimum absolute atomic E-state index is 0.146. The van der Waals surface area contributed by atoms with Crippen molar-refractivity contribution in [2.75, 3.05) is 13.2 Å². The molecule has 130 valence electrons. The molecule has 0 bridgehead atoms. The zero-order chi connectivity index (χ0) is 18.2. The maximum absolute atomic E-state index is 11.9. The average molecular weight is 339 g/mol. The molecule has 2 aromatic carbocycles. The molecule has 0 fully saturated rings. The molecular formula is C20H21NO4. The van der Waals surface area contributed by atoms with Gasteiger partial charge < -0.3 is 14.2 Å². The van der Waals surface area contributed by atoms with Crippen LogP contribution in [0.1, 0.15) is 23.6 Å². The number of carbonyl (C=O) groups is 1. The summed E-state index contributed by atoms with van der Waals surface area (Å²) >= 11 is 0. The third-order valence-corrected chi connectivity index (χ3v) is 3.42. The Bertz CT molecular complexity index is 742. The van der Waals surface area contributed by atoms with Gasteiger partial charge in [-0.15, -0.1) is 0 Å². The van der Waals surface area contributed by atoms with E-state index in [2.05, 4.69) is 6.07 Å². The van der Waals surface area contributed by atoms with E-state index in [9.17, 15) is 4.79 Å². The molecule has 0 aliphatic carbocycles. The van der Waals surface area contributed by atoms with Crippen LogP contribution in [-0.2, 0) is 9.53 Å². The van der Waals surface area contributed by atoms with Crippen molar-refractivity contribution in [1.29, 1.82) is 5.26 Å². The van der Waals surface area contributed by atoms with Crippen molar-refractivity contribution in [2.45, 2.75) is 26.9 Å². The van der Waals surface area contributed by atoms with E-state index in [0.29, 0.717) is 11.3 Å². The first-order valence-electron chi connectivity index (χ1n) is 8.02. The molecule has 2 rings (SSSR count). The summed E-state index contributed by atoms with van der Waals surface area (Å²) in [5.74, 6) is 0.804. The van der Waals surface area contributed by atoms with Gasteiger partial charge in [0.2, 0.25) is 0 Å². The van der Waals surface area contributed by atoms with Crippen molar-refractivity contribution in [1.82, 2.24) is 0 Å². The fourth-order valence-corrected chi connectivity index (χ4v) is 2.30. The molecule has 1 atom stereocenters. The Kier molecular flexibility index (Phi) is 6.41. The van der Waals surface area contributed by atoms with Gasteiger partial charge >= 0.3 is 5.97 Å². The van der Waals surface area contributed by atoms with E-state index in [1.807, 2.05) is 32.0 Å². The van der Waals surface area contributed by atoms with Crippen LogP contribution >= 0.6 is 0 Å². The number of ether oxygens (including phenoxy) is 3. The summed E-state index contributed by atoms with van der Waals surface area (Å²) in [6.07, 6.45) is -0.742. The molecule has 5 heteroatoms. The van der Waals surface area contributed by atoms with Crippen LogP contribution in [0, 0.1) is 25.2 Å². The largest absolute Gasteiger partial charge is 0.490 e. The highest BCUT2D eigenvalue weighted by molar-refractivity contribution is 5.74. The molecule has 0 saturated carbocycles. The number of carbonyl (C=O) groups excluding carboxylic acids is 1. The van der Waals surface area contributed by atoms with Crippen LogP contribution in [-0.4, -0.2) is 25.3 Å². The number of esters is 1. The highest BCUT2D eigenvalue weighted by Crippen LogP contribution is 2.16. The van der Waals surface area contributed by atoms with E-state index >= 15 is 0 Å². The Morgan fingerprint density at radius 2 is 1.68 bits per heavy atom. The summed E-state index contributed by atoms with van der Waals surface area (Å²) in [5, 5.41) is 8.75. The Morgan fingerprint density at radius 3 is 2.28 bits per heavy atom. The molecular weight excluding hydrogens is 318 g/mol. The van der Waals surface area contributed by atoms with Crippen LogP contribution in [0.15, 0.2) is 42.5 Å². The van der Waals surface area contributed by atoms with Gasteiger partial charge in [-0.25, -0.2) is 4.79 Å². The second kappa shape index (κ2) is 8.74. The number of hydrogen-bond donors (Lipinski definition) is 0. The summed E-state index contributed by atoms with van der Waals surface area (Å²) < 4.78 is 16.3. The fraction of sp³-hybridized carbons (Fsp3) is 0.300. The fourth-order valence-electron chi connectivity index (χ4n) is 2.30. The molecule has 0 aliphatic rings. The van der Waals surface area contributed by atoms with Gasteiger partial charge in [0.05, 0.1) is 11.6 Å². The van der Waals surface area contributed by atoms with Gasteiger partial charge in [0.1, 0.15) is 24.7 Å². The molecule has 2 aromatic rings. The lowest BCUT2D eigenvalue weighted by Crippen LogP contribution is -2.27. The number of benzene rings is 2. The molecule has 0 aromatic heterocycles. The lowest BCUT2D eigenvalue weighted by Gasteiger charge is -2.14. The predicted molar refractivity (Wildman–Crippen MR) is 93.6 cm³/mol. The van der Waals surface area contributed by atoms with Crippen LogP contribution < -0.4 is 9.47 Å². The van der Waals surface area contributed by atoms with Crippen molar-refractivity contribution in [3.8, 4) is 17.6 Å². The number of hydrogen-bond acceptors (Lipinski definition) is 5. The van der Waals surface area contributed by atoms with E-state index in [-0.39, 0.29) is 13.2 Å². The first kappa shape index (κ1) is 18.3. The monoisotopic (exact) mass is 339 g/mol. The number of nitriles is 1. The number of aryl methyl sites for hydroxylation is 2. The highest BCUT2D eigenvalue weighted by atomic mass is 16.6. The van der Waals surface area contributed by atoms with Gasteiger partial charge in [0, 0.05) is 0 Å². The third-order valence-electron chi connectivity index (χ3n) is 3.42. The summed E-state index contributed by atoms with van der Waals surface area (Å²) in [5.41, 5.74) is 2.78. The van der Waals surface area contributed by atoms with Gasteiger partial charge in [-0.1, -0.05) is 6.07 Å². The molecule has 5 nitrogen and oxygen atoms in total. The summed E-state index contributed by atoms with van der Waals surface area (Å²) in [4.78, 5) is 11.9. The summed E-state index contributed by atoms with van der Waals surface area (Å²) in [6, 6.07) is 14.5. The van der Waals surface area contributed by atoms with Crippen LogP contribution in [0.4, 0.5) is 0 Å². The van der Waals surface area contributed by atoms with E-state index in [1.165, 1.54) is 0 Å². The van der Waals surface area contributed by atoms with Crippen molar-refractivity contribution >= 4 is 5.97 Å². The lowest BCUT2D eigenvalue weighted by molar-refractivity contribution is -0.151. The molecule has 0 saturated heterocycles. The minimum Gasteiger partial charge on any atom is -0.490 e. The molecule has 0 spiro atoms. The van der Waals surface area contributed by atoms with Gasteiger partial charge in [-0.3, -0.25) is 0 Å². The second-order valence-corrected chi connectivity index (χ2v) is 5.74. The first-order valence-corrected chi connectivity index (χ1v) is 8.02. The molecule has 0 aliphatic heterocycles. The number of nitrogens with zero attached hydrogens (tertiary/aromatic N) is 1. The maximum atomic E-state index is 11.9. The van der Waals surface area contributed by atoms with E-state index in [4.69, 9.17) is 19.5 Å². The molecule has 0 unspecified atom stereocenters. The maximum Gasteiger partial charge on any atom is 0.347 e.